The molecule has 0 unspecified atom stereocenters. The Morgan fingerprint density at radius 2 is 2.00 bits per heavy atom. The topological polar surface area (TPSA) is 59.6 Å². The molecule has 2 saturated carbocycles. The second-order valence-corrected chi connectivity index (χ2v) is 5.42. The lowest BCUT2D eigenvalue weighted by molar-refractivity contribution is -0.0630. The summed E-state index contributed by atoms with van der Waals surface area (Å²) < 4.78 is 5.52. The highest BCUT2D eigenvalue weighted by Gasteiger charge is 2.36. The first-order chi connectivity index (χ1) is 8.24. The molecule has 2 fully saturated rings. The van der Waals surface area contributed by atoms with Gasteiger partial charge in [-0.3, -0.25) is 4.99 Å². The highest BCUT2D eigenvalue weighted by atomic mass is 16.5. The molecule has 98 valence electrons. The third-order valence-corrected chi connectivity index (χ3v) is 4.19. The molecule has 0 aromatic rings. The number of methoxy groups -OCH3 is 1. The van der Waals surface area contributed by atoms with Crippen LogP contribution >= 0.6 is 0 Å². The van der Waals surface area contributed by atoms with Crippen molar-refractivity contribution in [2.24, 2.45) is 10.7 Å². The van der Waals surface area contributed by atoms with Crippen molar-refractivity contribution in [2.45, 2.75) is 63.0 Å². The van der Waals surface area contributed by atoms with E-state index in [-0.39, 0.29) is 5.60 Å². The molecule has 4 heteroatoms. The van der Waals surface area contributed by atoms with Crippen molar-refractivity contribution in [3.63, 3.8) is 0 Å². The minimum atomic E-state index is -0.0150. The highest BCUT2D eigenvalue weighted by molar-refractivity contribution is 5.78. The highest BCUT2D eigenvalue weighted by Crippen LogP contribution is 2.35. The molecule has 2 aliphatic rings. The van der Waals surface area contributed by atoms with Gasteiger partial charge in [-0.1, -0.05) is 19.3 Å². The smallest absolute Gasteiger partial charge is 0.188 e. The van der Waals surface area contributed by atoms with Gasteiger partial charge in [0.25, 0.3) is 0 Å². The summed E-state index contributed by atoms with van der Waals surface area (Å²) in [6.07, 6.45) is 9.92. The first-order valence-corrected chi connectivity index (χ1v) is 6.86. The average molecular weight is 239 g/mol. The number of hydrogen-bond donors (Lipinski definition) is 2. The van der Waals surface area contributed by atoms with Gasteiger partial charge in [0.2, 0.25) is 0 Å². The first-order valence-electron chi connectivity index (χ1n) is 6.86. The van der Waals surface area contributed by atoms with E-state index in [1.807, 2.05) is 0 Å². The molecule has 2 rings (SSSR count). The number of ether oxygens (including phenoxy) is 1. The van der Waals surface area contributed by atoms with E-state index in [0.717, 1.165) is 12.8 Å². The van der Waals surface area contributed by atoms with Crippen molar-refractivity contribution < 1.29 is 4.74 Å². The molecule has 3 N–H and O–H groups in total. The van der Waals surface area contributed by atoms with Crippen LogP contribution in [0.15, 0.2) is 4.99 Å². The van der Waals surface area contributed by atoms with Crippen LogP contribution in [-0.4, -0.2) is 31.3 Å². The van der Waals surface area contributed by atoms with Crippen LogP contribution in [0.25, 0.3) is 0 Å². The Bertz CT molecular complexity index is 262. The summed E-state index contributed by atoms with van der Waals surface area (Å²) in [6, 6.07) is 0.535. The van der Waals surface area contributed by atoms with Gasteiger partial charge in [0, 0.05) is 13.2 Å². The van der Waals surface area contributed by atoms with Gasteiger partial charge in [-0.15, -0.1) is 0 Å². The largest absolute Gasteiger partial charge is 0.376 e. The van der Waals surface area contributed by atoms with Crippen molar-refractivity contribution in [3.05, 3.63) is 0 Å². The average Bonchev–Trinajstić information content (AvgIpc) is 2.29. The van der Waals surface area contributed by atoms with Crippen LogP contribution in [0.1, 0.15) is 51.4 Å². The van der Waals surface area contributed by atoms with Crippen LogP contribution in [0.3, 0.4) is 0 Å². The van der Waals surface area contributed by atoms with Gasteiger partial charge in [0.15, 0.2) is 5.96 Å². The number of aliphatic imine (C=N–C) groups is 1. The van der Waals surface area contributed by atoms with Crippen LogP contribution < -0.4 is 11.1 Å². The fourth-order valence-corrected chi connectivity index (χ4v) is 2.73. The lowest BCUT2D eigenvalue weighted by Gasteiger charge is -2.39. The van der Waals surface area contributed by atoms with E-state index in [0.29, 0.717) is 18.5 Å². The molecule has 0 heterocycles. The van der Waals surface area contributed by atoms with Gasteiger partial charge < -0.3 is 15.8 Å². The Morgan fingerprint density at radius 1 is 1.29 bits per heavy atom. The Hall–Kier alpha value is -0.770. The zero-order chi connectivity index (χ0) is 12.1. The van der Waals surface area contributed by atoms with Crippen molar-refractivity contribution in [2.75, 3.05) is 13.7 Å². The van der Waals surface area contributed by atoms with Crippen LogP contribution in [0, 0.1) is 0 Å². The Morgan fingerprint density at radius 3 is 2.53 bits per heavy atom. The molecule has 0 aromatic heterocycles. The number of nitrogens with two attached hydrogens (primary N) is 1. The van der Waals surface area contributed by atoms with E-state index in [2.05, 4.69) is 10.3 Å². The summed E-state index contributed by atoms with van der Waals surface area (Å²) in [5.74, 6) is 0.597. The number of guanidine groups is 1. The van der Waals surface area contributed by atoms with Crippen molar-refractivity contribution in [1.29, 1.82) is 0 Å². The van der Waals surface area contributed by atoms with Gasteiger partial charge >= 0.3 is 0 Å². The normalized spacial score (nSPS) is 25.4. The summed E-state index contributed by atoms with van der Waals surface area (Å²) in [5, 5.41) is 3.34. The van der Waals surface area contributed by atoms with E-state index in [1.165, 1.54) is 38.5 Å². The summed E-state index contributed by atoms with van der Waals surface area (Å²) in [6.45, 7) is 0.703. The molecule has 0 saturated heterocycles. The fourth-order valence-electron chi connectivity index (χ4n) is 2.73. The summed E-state index contributed by atoms with van der Waals surface area (Å²) >= 11 is 0. The van der Waals surface area contributed by atoms with Gasteiger partial charge in [-0.25, -0.2) is 0 Å². The third-order valence-electron chi connectivity index (χ3n) is 4.19. The van der Waals surface area contributed by atoms with Gasteiger partial charge in [-0.2, -0.15) is 0 Å². The maximum Gasteiger partial charge on any atom is 0.188 e. The van der Waals surface area contributed by atoms with Gasteiger partial charge in [0.1, 0.15) is 0 Å². The van der Waals surface area contributed by atoms with E-state index in [4.69, 9.17) is 10.5 Å². The monoisotopic (exact) mass is 239 g/mol. The predicted octanol–water partition coefficient (Wildman–Crippen LogP) is 1.79. The zero-order valence-corrected chi connectivity index (χ0v) is 10.9. The standard InChI is InChI=1S/C13H25N3O/c1-17-13(8-5-9-13)10-15-12(14)16-11-6-3-2-4-7-11/h11H,2-10H2,1H3,(H3,14,15,16). The van der Waals surface area contributed by atoms with Crippen molar-refractivity contribution in [1.82, 2.24) is 5.32 Å². The minimum absolute atomic E-state index is 0.0150. The van der Waals surface area contributed by atoms with E-state index < -0.39 is 0 Å². The Labute approximate surface area is 104 Å². The molecule has 2 aliphatic carbocycles. The van der Waals surface area contributed by atoms with Crippen LogP contribution in [0.2, 0.25) is 0 Å². The maximum atomic E-state index is 5.93. The second-order valence-electron chi connectivity index (χ2n) is 5.42. The number of hydrogen-bond acceptors (Lipinski definition) is 2. The first kappa shape index (κ1) is 12.7. The summed E-state index contributed by atoms with van der Waals surface area (Å²) in [7, 11) is 1.78. The quantitative estimate of drug-likeness (QED) is 0.581. The lowest BCUT2D eigenvalue weighted by atomic mass is 9.80. The van der Waals surface area contributed by atoms with Crippen LogP contribution in [0.4, 0.5) is 0 Å². The molecule has 0 radical (unpaired) electrons. The lowest BCUT2D eigenvalue weighted by Crippen LogP contribution is -2.45. The van der Waals surface area contributed by atoms with Crippen molar-refractivity contribution >= 4 is 5.96 Å². The Balaban J connectivity index is 1.76. The fraction of sp³-hybridized carbons (Fsp3) is 0.923. The van der Waals surface area contributed by atoms with E-state index >= 15 is 0 Å². The van der Waals surface area contributed by atoms with E-state index in [9.17, 15) is 0 Å². The molecule has 0 aliphatic heterocycles. The molecule has 0 amide bonds. The molecule has 0 spiro atoms. The maximum absolute atomic E-state index is 5.93. The van der Waals surface area contributed by atoms with Crippen molar-refractivity contribution in [3.8, 4) is 0 Å². The SMILES string of the molecule is COC1(CN=C(N)NC2CCCCC2)CCC1. The molecular formula is C13H25N3O. The third kappa shape index (κ3) is 3.35. The number of nitrogens with one attached hydrogen (secondary N) is 1. The molecule has 4 nitrogen and oxygen atoms in total. The molecule has 0 bridgehead atoms. The number of rotatable bonds is 4. The van der Waals surface area contributed by atoms with Gasteiger partial charge in [0.05, 0.1) is 12.1 Å². The summed E-state index contributed by atoms with van der Waals surface area (Å²) in [5.41, 5.74) is 5.91. The zero-order valence-electron chi connectivity index (χ0n) is 10.9. The molecule has 0 atom stereocenters. The van der Waals surface area contributed by atoms with Gasteiger partial charge in [-0.05, 0) is 32.1 Å². The minimum Gasteiger partial charge on any atom is -0.376 e. The molecule has 0 aromatic carbocycles. The number of nitrogens with zero attached hydrogens (tertiary/aromatic N) is 1. The summed E-state index contributed by atoms with van der Waals surface area (Å²) in [4.78, 5) is 4.44. The molecule has 17 heavy (non-hydrogen) atoms. The van der Waals surface area contributed by atoms with Crippen LogP contribution in [0.5, 0.6) is 0 Å². The predicted molar refractivity (Wildman–Crippen MR) is 70.1 cm³/mol. The molecular weight excluding hydrogens is 214 g/mol. The van der Waals surface area contributed by atoms with E-state index in [1.54, 1.807) is 7.11 Å². The Kier molecular flexibility index (Phi) is 4.26. The van der Waals surface area contributed by atoms with Crippen LogP contribution in [-0.2, 0) is 4.74 Å². The second kappa shape index (κ2) is 5.71.